The molecule has 0 aliphatic heterocycles. The molecular formula is C42H73O10P. The highest BCUT2D eigenvalue weighted by Gasteiger charge is 2.27. The number of allylic oxidation sites excluding steroid dienone is 10. The summed E-state index contributed by atoms with van der Waals surface area (Å²) in [6.45, 7) is 2.18. The Balaban J connectivity index is 4.40. The Bertz CT molecular complexity index is 1070. The Morgan fingerprint density at radius 2 is 1.04 bits per heavy atom. The van der Waals surface area contributed by atoms with Crippen LogP contribution in [-0.4, -0.2) is 65.7 Å². The fourth-order valence-corrected chi connectivity index (χ4v) is 5.83. The van der Waals surface area contributed by atoms with Gasteiger partial charge in [-0.05, 0) is 77.0 Å². The van der Waals surface area contributed by atoms with Crippen molar-refractivity contribution >= 4 is 19.8 Å². The zero-order valence-electron chi connectivity index (χ0n) is 33.0. The van der Waals surface area contributed by atoms with Gasteiger partial charge in [0.1, 0.15) is 12.7 Å². The minimum absolute atomic E-state index is 0.159. The van der Waals surface area contributed by atoms with Crippen molar-refractivity contribution in [3.05, 3.63) is 60.8 Å². The number of aliphatic hydroxyl groups excluding tert-OH is 2. The smallest absolute Gasteiger partial charge is 0.462 e. The fourth-order valence-electron chi connectivity index (χ4n) is 5.04. The number of phosphoric ester groups is 1. The lowest BCUT2D eigenvalue weighted by molar-refractivity contribution is -0.161. The lowest BCUT2D eigenvalue weighted by atomic mass is 10.1. The van der Waals surface area contributed by atoms with Gasteiger partial charge in [-0.2, -0.15) is 0 Å². The van der Waals surface area contributed by atoms with Crippen LogP contribution in [0.2, 0.25) is 0 Å². The number of hydrogen-bond acceptors (Lipinski definition) is 9. The Morgan fingerprint density at radius 1 is 0.585 bits per heavy atom. The monoisotopic (exact) mass is 768 g/mol. The average Bonchev–Trinajstić information content (AvgIpc) is 3.14. The van der Waals surface area contributed by atoms with Gasteiger partial charge in [0.15, 0.2) is 6.10 Å². The Hall–Kier alpha value is -2.33. The molecule has 0 saturated carbocycles. The van der Waals surface area contributed by atoms with Crippen LogP contribution < -0.4 is 0 Å². The molecule has 3 atom stereocenters. The van der Waals surface area contributed by atoms with Crippen LogP contribution in [0.5, 0.6) is 0 Å². The van der Waals surface area contributed by atoms with Crippen LogP contribution in [0.3, 0.4) is 0 Å². The van der Waals surface area contributed by atoms with Gasteiger partial charge in [0.2, 0.25) is 0 Å². The second-order valence-electron chi connectivity index (χ2n) is 13.3. The molecule has 10 nitrogen and oxygen atoms in total. The van der Waals surface area contributed by atoms with Crippen molar-refractivity contribution in [2.45, 2.75) is 167 Å². The van der Waals surface area contributed by atoms with Gasteiger partial charge < -0.3 is 24.6 Å². The third-order valence-electron chi connectivity index (χ3n) is 8.16. The number of carbonyl (C=O) groups is 2. The van der Waals surface area contributed by atoms with Crippen LogP contribution in [-0.2, 0) is 32.7 Å². The standard InChI is InChI=1S/C42H73O10P/c1-3-5-7-9-11-13-15-17-19-21-23-25-27-29-31-33-41(45)49-37-40(38-51-53(47,48)50-36-39(44)35-43)52-42(46)34-32-30-28-26-24-22-20-18-16-14-12-10-8-6-4-2/h6,8,11-14,17-20,39-40,43-44H,3-5,7,9-10,15-16,21-38H2,1-2H3,(H,47,48)/b8-6-,13-11-,14-12-,19-17-,20-18-/t39-,40+/m0/s1. The van der Waals surface area contributed by atoms with Gasteiger partial charge in [-0.25, -0.2) is 4.57 Å². The number of phosphoric acid groups is 1. The van der Waals surface area contributed by atoms with Crippen molar-refractivity contribution in [2.24, 2.45) is 0 Å². The van der Waals surface area contributed by atoms with E-state index in [4.69, 9.17) is 19.1 Å². The van der Waals surface area contributed by atoms with E-state index in [9.17, 15) is 24.2 Å². The number of ether oxygens (including phenoxy) is 2. The van der Waals surface area contributed by atoms with Gasteiger partial charge in [0.05, 0.1) is 19.8 Å². The van der Waals surface area contributed by atoms with E-state index in [1.54, 1.807) is 0 Å². The second kappa shape index (κ2) is 38.0. The van der Waals surface area contributed by atoms with Crippen molar-refractivity contribution in [2.75, 3.05) is 26.4 Å². The zero-order valence-corrected chi connectivity index (χ0v) is 33.9. The minimum Gasteiger partial charge on any atom is -0.462 e. The van der Waals surface area contributed by atoms with Crippen LogP contribution in [0.15, 0.2) is 60.8 Å². The van der Waals surface area contributed by atoms with Crippen LogP contribution >= 0.6 is 7.82 Å². The molecule has 1 unspecified atom stereocenters. The van der Waals surface area contributed by atoms with Gasteiger partial charge in [0.25, 0.3) is 0 Å². The molecule has 0 aliphatic rings. The van der Waals surface area contributed by atoms with Gasteiger partial charge in [-0.3, -0.25) is 18.6 Å². The first-order valence-corrected chi connectivity index (χ1v) is 21.7. The van der Waals surface area contributed by atoms with Crippen LogP contribution in [0.25, 0.3) is 0 Å². The summed E-state index contributed by atoms with van der Waals surface area (Å²) in [5, 5.41) is 18.3. The van der Waals surface area contributed by atoms with E-state index in [1.807, 2.05) is 0 Å². The van der Waals surface area contributed by atoms with Crippen molar-refractivity contribution in [3.63, 3.8) is 0 Å². The number of carbonyl (C=O) groups excluding carboxylic acids is 2. The molecule has 0 rings (SSSR count). The maximum atomic E-state index is 12.6. The van der Waals surface area contributed by atoms with E-state index >= 15 is 0 Å². The molecule has 0 bridgehead atoms. The maximum Gasteiger partial charge on any atom is 0.472 e. The van der Waals surface area contributed by atoms with E-state index in [0.29, 0.717) is 12.8 Å². The minimum atomic E-state index is -4.62. The van der Waals surface area contributed by atoms with Gasteiger partial charge in [-0.15, -0.1) is 0 Å². The number of esters is 2. The van der Waals surface area contributed by atoms with Gasteiger partial charge in [-0.1, -0.05) is 126 Å². The number of unbranched alkanes of at least 4 members (excludes halogenated alkanes) is 13. The summed E-state index contributed by atoms with van der Waals surface area (Å²) >= 11 is 0. The molecule has 0 fully saturated rings. The lowest BCUT2D eigenvalue weighted by Gasteiger charge is -2.20. The third-order valence-corrected chi connectivity index (χ3v) is 9.11. The maximum absolute atomic E-state index is 12.6. The molecule has 53 heavy (non-hydrogen) atoms. The lowest BCUT2D eigenvalue weighted by Crippen LogP contribution is -2.29. The molecular weight excluding hydrogens is 695 g/mol. The molecule has 0 saturated heterocycles. The molecule has 306 valence electrons. The SMILES string of the molecule is CC/C=C\C/C=C\C/C=C\CCCCCCCC(=O)O[C@H](COC(=O)CCCCCCC/C=C\C/C=C\CCCCC)COP(=O)(O)OC[C@@H](O)CO. The van der Waals surface area contributed by atoms with Gasteiger partial charge >= 0.3 is 19.8 Å². The molecule has 0 aromatic carbocycles. The molecule has 3 N–H and O–H groups in total. The number of aliphatic hydroxyl groups is 2. The summed E-state index contributed by atoms with van der Waals surface area (Å²) in [5.74, 6) is -0.966. The fraction of sp³-hybridized carbons (Fsp3) is 0.714. The summed E-state index contributed by atoms with van der Waals surface area (Å²) in [5.41, 5.74) is 0. The Kier molecular flexibility index (Phi) is 36.3. The topological polar surface area (TPSA) is 149 Å². The highest BCUT2D eigenvalue weighted by atomic mass is 31.2. The predicted molar refractivity (Wildman–Crippen MR) is 214 cm³/mol. The van der Waals surface area contributed by atoms with Crippen LogP contribution in [0.4, 0.5) is 0 Å². The van der Waals surface area contributed by atoms with Crippen molar-refractivity contribution in [3.8, 4) is 0 Å². The van der Waals surface area contributed by atoms with E-state index in [-0.39, 0.29) is 19.4 Å². The number of rotatable bonds is 37. The van der Waals surface area contributed by atoms with Crippen LogP contribution in [0, 0.1) is 0 Å². The number of hydrogen-bond donors (Lipinski definition) is 3. The van der Waals surface area contributed by atoms with E-state index in [0.717, 1.165) is 96.3 Å². The summed E-state index contributed by atoms with van der Waals surface area (Å²) < 4.78 is 32.6. The molecule has 0 aliphatic carbocycles. The molecule has 0 heterocycles. The first-order chi connectivity index (χ1) is 25.7. The van der Waals surface area contributed by atoms with Crippen LogP contribution in [0.1, 0.15) is 155 Å². The second-order valence-corrected chi connectivity index (χ2v) is 14.7. The first-order valence-electron chi connectivity index (χ1n) is 20.2. The first kappa shape index (κ1) is 50.7. The summed E-state index contributed by atoms with van der Waals surface area (Å²) in [4.78, 5) is 34.9. The average molecular weight is 769 g/mol. The van der Waals surface area contributed by atoms with Crippen molar-refractivity contribution < 1.29 is 47.8 Å². The Labute approximate surface area is 321 Å². The third kappa shape index (κ3) is 37.8. The summed E-state index contributed by atoms with van der Waals surface area (Å²) in [6.07, 6.45) is 40.4. The Morgan fingerprint density at radius 3 is 1.57 bits per heavy atom. The molecule has 0 aromatic rings. The summed E-state index contributed by atoms with van der Waals surface area (Å²) in [6, 6.07) is 0. The predicted octanol–water partition coefficient (Wildman–Crippen LogP) is 10.3. The van der Waals surface area contributed by atoms with E-state index in [1.165, 1.54) is 19.3 Å². The quantitative estimate of drug-likeness (QED) is 0.0241. The molecule has 0 radical (unpaired) electrons. The molecule has 11 heteroatoms. The highest BCUT2D eigenvalue weighted by molar-refractivity contribution is 7.47. The van der Waals surface area contributed by atoms with Gasteiger partial charge in [0, 0.05) is 12.8 Å². The summed E-state index contributed by atoms with van der Waals surface area (Å²) in [7, 11) is -4.62. The van der Waals surface area contributed by atoms with E-state index < -0.39 is 51.8 Å². The molecule has 0 spiro atoms. The van der Waals surface area contributed by atoms with E-state index in [2.05, 4.69) is 79.1 Å². The highest BCUT2D eigenvalue weighted by Crippen LogP contribution is 2.43. The molecule has 0 aromatic heterocycles. The largest absolute Gasteiger partial charge is 0.472 e. The molecule has 0 amide bonds. The van der Waals surface area contributed by atoms with Crippen molar-refractivity contribution in [1.82, 2.24) is 0 Å². The zero-order chi connectivity index (χ0) is 39.1. The van der Waals surface area contributed by atoms with Crippen molar-refractivity contribution in [1.29, 1.82) is 0 Å². The normalized spacial score (nSPS) is 14.6.